The average molecular weight is 189 g/mol. The highest BCUT2D eigenvalue weighted by Gasteiger charge is 2.30. The Balaban J connectivity index is 2.10. The lowest BCUT2D eigenvalue weighted by atomic mass is 9.86. The van der Waals surface area contributed by atoms with Crippen LogP contribution in [0.15, 0.2) is 0 Å². The zero-order valence-electron chi connectivity index (χ0n) is 8.44. The van der Waals surface area contributed by atoms with E-state index < -0.39 is 5.67 Å². The first-order valence-electron chi connectivity index (χ1n) is 5.15. The van der Waals surface area contributed by atoms with Gasteiger partial charge in [-0.2, -0.15) is 0 Å². The zero-order chi connectivity index (χ0) is 9.57. The summed E-state index contributed by atoms with van der Waals surface area (Å²) in [6.45, 7) is 1.91. The second kappa shape index (κ2) is 5.55. The van der Waals surface area contributed by atoms with Crippen LogP contribution in [-0.2, 0) is 4.74 Å². The van der Waals surface area contributed by atoms with Crippen LogP contribution < -0.4 is 5.32 Å². The van der Waals surface area contributed by atoms with Gasteiger partial charge in [-0.15, -0.1) is 0 Å². The van der Waals surface area contributed by atoms with E-state index in [2.05, 4.69) is 5.32 Å². The molecule has 1 aliphatic rings. The first-order chi connectivity index (χ1) is 6.27. The number of alkyl halides is 1. The molecule has 0 spiro atoms. The third kappa shape index (κ3) is 4.05. The van der Waals surface area contributed by atoms with Crippen molar-refractivity contribution in [3.8, 4) is 0 Å². The molecule has 0 bridgehead atoms. The minimum absolute atomic E-state index is 0.496. The van der Waals surface area contributed by atoms with Crippen molar-refractivity contribution in [2.45, 2.75) is 37.8 Å². The van der Waals surface area contributed by atoms with Gasteiger partial charge in [0.25, 0.3) is 0 Å². The number of methoxy groups -OCH3 is 1. The molecule has 0 aromatic rings. The Morgan fingerprint density at radius 2 is 2.00 bits per heavy atom. The molecule has 1 rings (SSSR count). The van der Waals surface area contributed by atoms with Crippen molar-refractivity contribution in [2.75, 3.05) is 26.8 Å². The van der Waals surface area contributed by atoms with Gasteiger partial charge in [-0.05, 0) is 12.8 Å². The number of nitrogens with one attached hydrogen (secondary N) is 1. The van der Waals surface area contributed by atoms with Gasteiger partial charge >= 0.3 is 0 Å². The summed E-state index contributed by atoms with van der Waals surface area (Å²) < 4.78 is 18.8. The Morgan fingerprint density at radius 1 is 1.31 bits per heavy atom. The van der Waals surface area contributed by atoms with Crippen LogP contribution >= 0.6 is 0 Å². The summed E-state index contributed by atoms with van der Waals surface area (Å²) in [5, 5.41) is 3.10. The second-order valence-corrected chi connectivity index (χ2v) is 3.88. The third-order valence-corrected chi connectivity index (χ3v) is 2.67. The van der Waals surface area contributed by atoms with Crippen molar-refractivity contribution in [1.29, 1.82) is 0 Å². The number of halogens is 1. The molecule has 0 heterocycles. The molecule has 0 atom stereocenters. The summed E-state index contributed by atoms with van der Waals surface area (Å²) in [5.41, 5.74) is -0.939. The Morgan fingerprint density at radius 3 is 2.62 bits per heavy atom. The summed E-state index contributed by atoms with van der Waals surface area (Å²) >= 11 is 0. The molecule has 1 fully saturated rings. The Labute approximate surface area is 79.8 Å². The highest BCUT2D eigenvalue weighted by Crippen LogP contribution is 2.30. The van der Waals surface area contributed by atoms with Crippen molar-refractivity contribution >= 4 is 0 Å². The first-order valence-corrected chi connectivity index (χ1v) is 5.15. The minimum Gasteiger partial charge on any atom is -0.383 e. The van der Waals surface area contributed by atoms with E-state index in [4.69, 9.17) is 4.74 Å². The van der Waals surface area contributed by atoms with Crippen molar-refractivity contribution in [3.63, 3.8) is 0 Å². The van der Waals surface area contributed by atoms with Crippen LogP contribution in [0, 0.1) is 0 Å². The number of ether oxygens (including phenoxy) is 1. The molecule has 1 N–H and O–H groups in total. The van der Waals surface area contributed by atoms with Crippen molar-refractivity contribution < 1.29 is 9.13 Å². The van der Waals surface area contributed by atoms with Gasteiger partial charge in [0.05, 0.1) is 6.61 Å². The van der Waals surface area contributed by atoms with Crippen LogP contribution in [0.25, 0.3) is 0 Å². The molecule has 3 heteroatoms. The van der Waals surface area contributed by atoms with Gasteiger partial charge in [0.2, 0.25) is 0 Å². The molecular formula is C10H20FNO. The van der Waals surface area contributed by atoms with E-state index in [-0.39, 0.29) is 0 Å². The van der Waals surface area contributed by atoms with E-state index in [1.54, 1.807) is 7.11 Å². The molecule has 78 valence electrons. The number of hydrogen-bond acceptors (Lipinski definition) is 2. The van der Waals surface area contributed by atoms with Crippen LogP contribution in [0.3, 0.4) is 0 Å². The fourth-order valence-electron chi connectivity index (χ4n) is 1.85. The predicted octanol–water partition coefficient (Wildman–Crippen LogP) is 1.89. The monoisotopic (exact) mass is 189 g/mol. The fourth-order valence-corrected chi connectivity index (χ4v) is 1.85. The van der Waals surface area contributed by atoms with E-state index in [0.717, 1.165) is 32.2 Å². The average Bonchev–Trinajstić information content (AvgIpc) is 2.14. The largest absolute Gasteiger partial charge is 0.383 e. The first kappa shape index (κ1) is 10.9. The molecule has 0 saturated heterocycles. The van der Waals surface area contributed by atoms with E-state index in [0.29, 0.717) is 13.2 Å². The topological polar surface area (TPSA) is 21.3 Å². The molecular weight excluding hydrogens is 169 g/mol. The maximum atomic E-state index is 13.9. The molecule has 0 aliphatic heterocycles. The summed E-state index contributed by atoms with van der Waals surface area (Å²) in [4.78, 5) is 0. The fraction of sp³-hybridized carbons (Fsp3) is 1.00. The molecule has 0 radical (unpaired) electrons. The lowest BCUT2D eigenvalue weighted by Gasteiger charge is -2.29. The van der Waals surface area contributed by atoms with Crippen molar-refractivity contribution in [3.05, 3.63) is 0 Å². The number of rotatable bonds is 5. The van der Waals surface area contributed by atoms with Gasteiger partial charge in [0.15, 0.2) is 0 Å². The maximum absolute atomic E-state index is 13.9. The SMILES string of the molecule is COCCNCC1(F)CCCCC1. The van der Waals surface area contributed by atoms with Gasteiger partial charge in [-0.3, -0.25) is 0 Å². The van der Waals surface area contributed by atoms with Crippen LogP contribution in [0.5, 0.6) is 0 Å². The third-order valence-electron chi connectivity index (χ3n) is 2.67. The summed E-state index contributed by atoms with van der Waals surface area (Å²) in [6.07, 6.45) is 4.74. The lowest BCUT2D eigenvalue weighted by molar-refractivity contribution is 0.101. The van der Waals surface area contributed by atoms with E-state index >= 15 is 0 Å². The van der Waals surface area contributed by atoms with Gasteiger partial charge < -0.3 is 10.1 Å². The van der Waals surface area contributed by atoms with E-state index in [1.807, 2.05) is 0 Å². The molecule has 0 aromatic heterocycles. The smallest absolute Gasteiger partial charge is 0.123 e. The van der Waals surface area contributed by atoms with Crippen LogP contribution in [0.2, 0.25) is 0 Å². The Kier molecular flexibility index (Phi) is 4.67. The van der Waals surface area contributed by atoms with E-state index in [9.17, 15) is 4.39 Å². The summed E-state index contributed by atoms with van der Waals surface area (Å²) in [5.74, 6) is 0. The summed E-state index contributed by atoms with van der Waals surface area (Å²) in [6, 6.07) is 0. The Hall–Kier alpha value is -0.150. The summed E-state index contributed by atoms with van der Waals surface area (Å²) in [7, 11) is 1.66. The standard InChI is InChI=1S/C10H20FNO/c1-13-8-7-12-9-10(11)5-3-2-4-6-10/h12H,2-9H2,1H3. The lowest BCUT2D eigenvalue weighted by Crippen LogP contribution is -2.39. The van der Waals surface area contributed by atoms with Crippen LogP contribution in [0.1, 0.15) is 32.1 Å². The molecule has 13 heavy (non-hydrogen) atoms. The molecule has 0 aromatic carbocycles. The van der Waals surface area contributed by atoms with Gasteiger partial charge in [-0.25, -0.2) is 4.39 Å². The number of hydrogen-bond donors (Lipinski definition) is 1. The predicted molar refractivity (Wildman–Crippen MR) is 51.7 cm³/mol. The molecule has 0 amide bonds. The second-order valence-electron chi connectivity index (χ2n) is 3.88. The van der Waals surface area contributed by atoms with Gasteiger partial charge in [0.1, 0.15) is 5.67 Å². The maximum Gasteiger partial charge on any atom is 0.123 e. The minimum atomic E-state index is -0.939. The van der Waals surface area contributed by atoms with Crippen LogP contribution in [0.4, 0.5) is 4.39 Å². The molecule has 2 nitrogen and oxygen atoms in total. The highest BCUT2D eigenvalue weighted by atomic mass is 19.1. The molecule has 1 saturated carbocycles. The molecule has 1 aliphatic carbocycles. The Bertz CT molecular complexity index is 135. The van der Waals surface area contributed by atoms with Crippen molar-refractivity contribution in [1.82, 2.24) is 5.32 Å². The zero-order valence-corrected chi connectivity index (χ0v) is 8.44. The van der Waals surface area contributed by atoms with Gasteiger partial charge in [-0.1, -0.05) is 19.3 Å². The normalized spacial score (nSPS) is 21.7. The van der Waals surface area contributed by atoms with Gasteiger partial charge in [0, 0.05) is 20.2 Å². The molecule has 0 unspecified atom stereocenters. The van der Waals surface area contributed by atoms with Crippen molar-refractivity contribution in [2.24, 2.45) is 0 Å². The quantitative estimate of drug-likeness (QED) is 0.667. The van der Waals surface area contributed by atoms with Crippen LogP contribution in [-0.4, -0.2) is 32.5 Å². The van der Waals surface area contributed by atoms with E-state index in [1.165, 1.54) is 6.42 Å². The highest BCUT2D eigenvalue weighted by molar-refractivity contribution is 4.84.